The maximum absolute atomic E-state index is 3.76. The molecule has 1 unspecified atom stereocenters. The maximum atomic E-state index is 3.76. The standard InChI is InChI=1S/C18H37N/c1-4-19-18(16(2)3)17-14-12-10-8-6-5-7-9-11-13-15-17/h16-19H,4-15H2,1-3H3. The highest BCUT2D eigenvalue weighted by molar-refractivity contribution is 4.79. The van der Waals surface area contributed by atoms with Crippen molar-refractivity contribution in [1.82, 2.24) is 5.32 Å². The predicted molar refractivity (Wildman–Crippen MR) is 86.6 cm³/mol. The summed E-state index contributed by atoms with van der Waals surface area (Å²) in [4.78, 5) is 0. The van der Waals surface area contributed by atoms with Gasteiger partial charge in [-0.15, -0.1) is 0 Å². The van der Waals surface area contributed by atoms with Gasteiger partial charge in [0.1, 0.15) is 0 Å². The molecule has 0 spiro atoms. The molecular formula is C18H37N. The largest absolute Gasteiger partial charge is 0.314 e. The van der Waals surface area contributed by atoms with Crippen LogP contribution in [0.4, 0.5) is 0 Å². The summed E-state index contributed by atoms with van der Waals surface area (Å²) >= 11 is 0. The molecule has 0 saturated heterocycles. The molecule has 0 heterocycles. The Hall–Kier alpha value is -0.0400. The van der Waals surface area contributed by atoms with Crippen LogP contribution in [0.2, 0.25) is 0 Å². The van der Waals surface area contributed by atoms with Crippen molar-refractivity contribution in [2.45, 2.75) is 97.4 Å². The van der Waals surface area contributed by atoms with Crippen molar-refractivity contribution in [2.24, 2.45) is 11.8 Å². The first kappa shape index (κ1) is 17.0. The average Bonchev–Trinajstić information content (AvgIpc) is 2.37. The van der Waals surface area contributed by atoms with E-state index in [9.17, 15) is 0 Å². The summed E-state index contributed by atoms with van der Waals surface area (Å²) in [5, 5.41) is 3.76. The van der Waals surface area contributed by atoms with Crippen LogP contribution in [0.1, 0.15) is 91.4 Å². The zero-order chi connectivity index (χ0) is 13.9. The summed E-state index contributed by atoms with van der Waals surface area (Å²) in [6.07, 6.45) is 16.1. The van der Waals surface area contributed by atoms with E-state index in [1.807, 2.05) is 0 Å². The monoisotopic (exact) mass is 267 g/mol. The van der Waals surface area contributed by atoms with Gasteiger partial charge in [0.05, 0.1) is 0 Å². The van der Waals surface area contributed by atoms with E-state index < -0.39 is 0 Å². The highest BCUT2D eigenvalue weighted by atomic mass is 14.9. The SMILES string of the molecule is CCNC(C(C)C)C1CCCCCCCCCCC1. The average molecular weight is 268 g/mol. The van der Waals surface area contributed by atoms with Crippen LogP contribution in [0.3, 0.4) is 0 Å². The second kappa shape index (κ2) is 10.7. The van der Waals surface area contributed by atoms with E-state index in [4.69, 9.17) is 0 Å². The maximum Gasteiger partial charge on any atom is 0.0118 e. The molecular weight excluding hydrogens is 230 g/mol. The first-order valence-electron chi connectivity index (χ1n) is 8.99. The molecule has 1 N–H and O–H groups in total. The smallest absolute Gasteiger partial charge is 0.0118 e. The van der Waals surface area contributed by atoms with Gasteiger partial charge in [0.25, 0.3) is 0 Å². The van der Waals surface area contributed by atoms with Crippen LogP contribution in [-0.2, 0) is 0 Å². The fraction of sp³-hybridized carbons (Fsp3) is 1.00. The Labute approximate surface area is 121 Å². The third-order valence-corrected chi connectivity index (χ3v) is 4.82. The van der Waals surface area contributed by atoms with E-state index >= 15 is 0 Å². The van der Waals surface area contributed by atoms with Crippen LogP contribution in [0.15, 0.2) is 0 Å². The van der Waals surface area contributed by atoms with Gasteiger partial charge in [-0.2, -0.15) is 0 Å². The van der Waals surface area contributed by atoms with E-state index in [0.29, 0.717) is 0 Å². The Morgan fingerprint density at radius 1 is 0.789 bits per heavy atom. The van der Waals surface area contributed by atoms with Gasteiger partial charge in [0.2, 0.25) is 0 Å². The fourth-order valence-electron chi connectivity index (χ4n) is 3.74. The van der Waals surface area contributed by atoms with Crippen molar-refractivity contribution in [3.05, 3.63) is 0 Å². The Kier molecular flexibility index (Phi) is 9.59. The lowest BCUT2D eigenvalue weighted by atomic mass is 9.82. The summed E-state index contributed by atoms with van der Waals surface area (Å²) in [5.41, 5.74) is 0. The van der Waals surface area contributed by atoms with Crippen molar-refractivity contribution in [3.63, 3.8) is 0 Å². The predicted octanol–water partition coefficient (Wildman–Crippen LogP) is 5.54. The third-order valence-electron chi connectivity index (χ3n) is 4.82. The molecule has 0 amide bonds. The van der Waals surface area contributed by atoms with Gasteiger partial charge in [0, 0.05) is 6.04 Å². The molecule has 1 aliphatic carbocycles. The molecule has 1 atom stereocenters. The third kappa shape index (κ3) is 7.34. The van der Waals surface area contributed by atoms with Crippen LogP contribution in [-0.4, -0.2) is 12.6 Å². The number of hydrogen-bond donors (Lipinski definition) is 1. The van der Waals surface area contributed by atoms with Gasteiger partial charge in [-0.25, -0.2) is 0 Å². The lowest BCUT2D eigenvalue weighted by Crippen LogP contribution is -2.40. The minimum absolute atomic E-state index is 0.743. The Morgan fingerprint density at radius 2 is 1.21 bits per heavy atom. The highest BCUT2D eigenvalue weighted by Gasteiger charge is 2.22. The van der Waals surface area contributed by atoms with E-state index in [1.165, 1.54) is 70.6 Å². The zero-order valence-corrected chi connectivity index (χ0v) is 13.7. The van der Waals surface area contributed by atoms with Gasteiger partial charge >= 0.3 is 0 Å². The lowest BCUT2D eigenvalue weighted by Gasteiger charge is -2.31. The molecule has 1 fully saturated rings. The second-order valence-electron chi connectivity index (χ2n) is 6.85. The van der Waals surface area contributed by atoms with Crippen LogP contribution in [0.5, 0.6) is 0 Å². The fourth-order valence-corrected chi connectivity index (χ4v) is 3.74. The second-order valence-corrected chi connectivity index (χ2v) is 6.85. The van der Waals surface area contributed by atoms with Crippen molar-refractivity contribution in [3.8, 4) is 0 Å². The molecule has 0 bridgehead atoms. The summed E-state index contributed by atoms with van der Waals surface area (Å²) < 4.78 is 0. The Morgan fingerprint density at radius 3 is 1.58 bits per heavy atom. The molecule has 1 nitrogen and oxygen atoms in total. The molecule has 0 aliphatic heterocycles. The van der Waals surface area contributed by atoms with Gasteiger partial charge in [-0.3, -0.25) is 0 Å². The summed E-state index contributed by atoms with van der Waals surface area (Å²) in [6.45, 7) is 8.16. The first-order chi connectivity index (χ1) is 9.25. The molecule has 0 radical (unpaired) electrons. The first-order valence-corrected chi connectivity index (χ1v) is 8.99. The number of nitrogens with one attached hydrogen (secondary N) is 1. The lowest BCUT2D eigenvalue weighted by molar-refractivity contribution is 0.246. The van der Waals surface area contributed by atoms with E-state index in [0.717, 1.165) is 24.4 Å². The van der Waals surface area contributed by atoms with Crippen molar-refractivity contribution < 1.29 is 0 Å². The topological polar surface area (TPSA) is 12.0 Å². The molecule has 1 heteroatoms. The van der Waals surface area contributed by atoms with Gasteiger partial charge in [-0.1, -0.05) is 78.6 Å². The molecule has 0 aromatic heterocycles. The van der Waals surface area contributed by atoms with Crippen molar-refractivity contribution >= 4 is 0 Å². The van der Waals surface area contributed by atoms with E-state index in [-0.39, 0.29) is 0 Å². The van der Waals surface area contributed by atoms with Crippen LogP contribution >= 0.6 is 0 Å². The molecule has 0 aromatic rings. The molecule has 114 valence electrons. The van der Waals surface area contributed by atoms with Gasteiger partial charge in [-0.05, 0) is 31.2 Å². The summed E-state index contributed by atoms with van der Waals surface area (Å²) in [5.74, 6) is 1.69. The minimum atomic E-state index is 0.743. The molecule has 19 heavy (non-hydrogen) atoms. The van der Waals surface area contributed by atoms with Crippen LogP contribution in [0.25, 0.3) is 0 Å². The Bertz CT molecular complexity index is 188. The molecule has 0 aromatic carbocycles. The zero-order valence-electron chi connectivity index (χ0n) is 13.7. The number of rotatable bonds is 4. The normalized spacial score (nSPS) is 22.7. The van der Waals surface area contributed by atoms with Gasteiger partial charge < -0.3 is 5.32 Å². The highest BCUT2D eigenvalue weighted by Crippen LogP contribution is 2.26. The molecule has 1 aliphatic rings. The quantitative estimate of drug-likeness (QED) is 0.705. The minimum Gasteiger partial charge on any atom is -0.314 e. The van der Waals surface area contributed by atoms with E-state index in [2.05, 4.69) is 26.1 Å². The Balaban J connectivity index is 2.48. The van der Waals surface area contributed by atoms with Crippen LogP contribution < -0.4 is 5.32 Å². The van der Waals surface area contributed by atoms with Crippen molar-refractivity contribution in [2.75, 3.05) is 6.54 Å². The van der Waals surface area contributed by atoms with Gasteiger partial charge in [0.15, 0.2) is 0 Å². The summed E-state index contributed by atoms with van der Waals surface area (Å²) in [6, 6.07) is 0.743. The van der Waals surface area contributed by atoms with Crippen molar-refractivity contribution in [1.29, 1.82) is 0 Å². The summed E-state index contributed by atoms with van der Waals surface area (Å²) in [7, 11) is 0. The molecule has 1 rings (SSSR count). The molecule has 1 saturated carbocycles. The van der Waals surface area contributed by atoms with E-state index in [1.54, 1.807) is 0 Å². The van der Waals surface area contributed by atoms with Crippen LogP contribution in [0, 0.1) is 11.8 Å². The number of hydrogen-bond acceptors (Lipinski definition) is 1.